The van der Waals surface area contributed by atoms with E-state index in [1.54, 1.807) is 38.3 Å². The monoisotopic (exact) mass is 207 g/mol. The standard InChI is InChI=1S/C10H13N3O2/c1-7(14)10(12-13-11)8-3-5-9(15-2)6-4-8/h3-7,10,14H,1-2H3/t7-,10+/m1/s1. The molecular formula is C10H13N3O2. The highest BCUT2D eigenvalue weighted by molar-refractivity contribution is 5.29. The topological polar surface area (TPSA) is 78.2 Å². The van der Waals surface area contributed by atoms with Crippen molar-refractivity contribution in [3.05, 3.63) is 40.3 Å². The average molecular weight is 207 g/mol. The van der Waals surface area contributed by atoms with Crippen molar-refractivity contribution in [2.24, 2.45) is 5.11 Å². The number of aliphatic hydroxyl groups is 1. The molecule has 5 nitrogen and oxygen atoms in total. The van der Waals surface area contributed by atoms with Gasteiger partial charge in [0, 0.05) is 4.91 Å². The molecule has 2 atom stereocenters. The van der Waals surface area contributed by atoms with Gasteiger partial charge in [-0.25, -0.2) is 0 Å². The molecule has 0 saturated heterocycles. The lowest BCUT2D eigenvalue weighted by Crippen LogP contribution is -2.11. The van der Waals surface area contributed by atoms with Gasteiger partial charge in [0.15, 0.2) is 0 Å². The van der Waals surface area contributed by atoms with Crippen molar-refractivity contribution in [2.45, 2.75) is 19.1 Å². The molecule has 1 N–H and O–H groups in total. The highest BCUT2D eigenvalue weighted by Crippen LogP contribution is 2.23. The van der Waals surface area contributed by atoms with Crippen LogP contribution < -0.4 is 4.74 Å². The molecule has 0 aromatic heterocycles. The van der Waals surface area contributed by atoms with Crippen LogP contribution in [0.4, 0.5) is 0 Å². The third-order valence-corrected chi connectivity index (χ3v) is 2.09. The van der Waals surface area contributed by atoms with E-state index in [0.29, 0.717) is 0 Å². The predicted molar refractivity (Wildman–Crippen MR) is 56.6 cm³/mol. The number of hydrogen-bond donors (Lipinski definition) is 1. The molecule has 0 heterocycles. The summed E-state index contributed by atoms with van der Waals surface area (Å²) in [4.78, 5) is 2.71. The first kappa shape index (κ1) is 11.4. The van der Waals surface area contributed by atoms with Crippen LogP contribution in [-0.2, 0) is 0 Å². The average Bonchev–Trinajstić information content (AvgIpc) is 2.26. The molecule has 0 bridgehead atoms. The van der Waals surface area contributed by atoms with Crippen LogP contribution in [0.5, 0.6) is 5.75 Å². The Labute approximate surface area is 87.9 Å². The number of nitrogens with zero attached hydrogens (tertiary/aromatic N) is 3. The summed E-state index contributed by atoms with van der Waals surface area (Å²) < 4.78 is 5.00. The maximum absolute atomic E-state index is 9.43. The summed E-state index contributed by atoms with van der Waals surface area (Å²) in [6, 6.07) is 6.51. The van der Waals surface area contributed by atoms with Gasteiger partial charge in [-0.2, -0.15) is 0 Å². The van der Waals surface area contributed by atoms with Gasteiger partial charge in [0.25, 0.3) is 0 Å². The molecular weight excluding hydrogens is 194 g/mol. The van der Waals surface area contributed by atoms with Crippen LogP contribution in [0.25, 0.3) is 10.4 Å². The van der Waals surface area contributed by atoms with E-state index in [1.807, 2.05) is 0 Å². The third-order valence-electron chi connectivity index (χ3n) is 2.09. The fourth-order valence-electron chi connectivity index (χ4n) is 1.30. The lowest BCUT2D eigenvalue weighted by atomic mass is 10.0. The molecule has 0 aliphatic carbocycles. The van der Waals surface area contributed by atoms with Crippen LogP contribution in [0.1, 0.15) is 18.5 Å². The molecule has 5 heteroatoms. The molecule has 0 unspecified atom stereocenters. The number of aliphatic hydroxyl groups excluding tert-OH is 1. The predicted octanol–water partition coefficient (Wildman–Crippen LogP) is 2.43. The van der Waals surface area contributed by atoms with E-state index in [0.717, 1.165) is 11.3 Å². The summed E-state index contributed by atoms with van der Waals surface area (Å²) in [6.07, 6.45) is -0.714. The van der Waals surface area contributed by atoms with Crippen molar-refractivity contribution < 1.29 is 9.84 Å². The zero-order valence-electron chi connectivity index (χ0n) is 8.66. The first-order valence-corrected chi connectivity index (χ1v) is 4.55. The van der Waals surface area contributed by atoms with E-state index in [4.69, 9.17) is 10.3 Å². The quantitative estimate of drug-likeness (QED) is 0.467. The van der Waals surface area contributed by atoms with Gasteiger partial charge in [-0.05, 0) is 30.2 Å². The SMILES string of the molecule is COc1ccc([C@@H](N=[N+]=[N-])[C@@H](C)O)cc1. The molecule has 0 radical (unpaired) electrons. The van der Waals surface area contributed by atoms with Gasteiger partial charge in [-0.15, -0.1) is 0 Å². The Kier molecular flexibility index (Phi) is 3.97. The number of azide groups is 1. The molecule has 0 spiro atoms. The number of hydrogen-bond acceptors (Lipinski definition) is 3. The summed E-state index contributed by atoms with van der Waals surface area (Å²) >= 11 is 0. The minimum Gasteiger partial charge on any atom is -0.497 e. The molecule has 1 rings (SSSR count). The Morgan fingerprint density at radius 1 is 1.40 bits per heavy atom. The van der Waals surface area contributed by atoms with Crippen molar-refractivity contribution in [3.8, 4) is 5.75 Å². The molecule has 0 fully saturated rings. The van der Waals surface area contributed by atoms with Crippen LogP contribution in [0, 0.1) is 0 Å². The smallest absolute Gasteiger partial charge is 0.118 e. The van der Waals surface area contributed by atoms with E-state index < -0.39 is 12.1 Å². The molecule has 0 aliphatic heterocycles. The summed E-state index contributed by atoms with van der Waals surface area (Å²) in [6.45, 7) is 1.59. The van der Waals surface area contributed by atoms with Crippen LogP contribution in [-0.4, -0.2) is 18.3 Å². The molecule has 0 saturated carbocycles. The molecule has 15 heavy (non-hydrogen) atoms. The summed E-state index contributed by atoms with van der Waals surface area (Å²) in [5.74, 6) is 0.726. The summed E-state index contributed by atoms with van der Waals surface area (Å²) in [5, 5.41) is 13.0. The molecule has 80 valence electrons. The number of ether oxygens (including phenoxy) is 1. The zero-order valence-corrected chi connectivity index (χ0v) is 8.66. The Hall–Kier alpha value is -1.71. The third kappa shape index (κ3) is 2.87. The lowest BCUT2D eigenvalue weighted by molar-refractivity contribution is 0.164. The van der Waals surface area contributed by atoms with Gasteiger partial charge < -0.3 is 9.84 Å². The van der Waals surface area contributed by atoms with Crippen molar-refractivity contribution in [1.29, 1.82) is 0 Å². The maximum atomic E-state index is 9.43. The van der Waals surface area contributed by atoms with E-state index in [1.165, 1.54) is 0 Å². The van der Waals surface area contributed by atoms with E-state index in [9.17, 15) is 5.11 Å². The van der Waals surface area contributed by atoms with Gasteiger partial charge in [-0.1, -0.05) is 17.2 Å². The highest BCUT2D eigenvalue weighted by atomic mass is 16.5. The Morgan fingerprint density at radius 2 is 2.00 bits per heavy atom. The number of rotatable bonds is 4. The minimum absolute atomic E-state index is 0.555. The van der Waals surface area contributed by atoms with Crippen molar-refractivity contribution in [3.63, 3.8) is 0 Å². The molecule has 0 amide bonds. The van der Waals surface area contributed by atoms with Crippen LogP contribution in [0.15, 0.2) is 29.4 Å². The van der Waals surface area contributed by atoms with Crippen molar-refractivity contribution >= 4 is 0 Å². The Bertz CT molecular complexity index is 355. The van der Waals surface area contributed by atoms with Gasteiger partial charge >= 0.3 is 0 Å². The second-order valence-electron chi connectivity index (χ2n) is 3.16. The fraction of sp³-hybridized carbons (Fsp3) is 0.400. The summed E-state index contributed by atoms with van der Waals surface area (Å²) in [5.41, 5.74) is 9.14. The summed E-state index contributed by atoms with van der Waals surface area (Å²) in [7, 11) is 1.58. The van der Waals surface area contributed by atoms with Gasteiger partial charge in [-0.3, -0.25) is 0 Å². The first-order valence-electron chi connectivity index (χ1n) is 4.55. The lowest BCUT2D eigenvalue weighted by Gasteiger charge is -2.14. The molecule has 0 aliphatic rings. The van der Waals surface area contributed by atoms with Gasteiger partial charge in [0.1, 0.15) is 5.75 Å². The fourth-order valence-corrected chi connectivity index (χ4v) is 1.30. The van der Waals surface area contributed by atoms with Gasteiger partial charge in [0.2, 0.25) is 0 Å². The molecule has 1 aromatic rings. The highest BCUT2D eigenvalue weighted by Gasteiger charge is 2.15. The largest absolute Gasteiger partial charge is 0.497 e. The number of methoxy groups -OCH3 is 1. The van der Waals surface area contributed by atoms with Crippen LogP contribution in [0.3, 0.4) is 0 Å². The zero-order chi connectivity index (χ0) is 11.3. The second kappa shape index (κ2) is 5.24. The van der Waals surface area contributed by atoms with Crippen molar-refractivity contribution in [2.75, 3.05) is 7.11 Å². The van der Waals surface area contributed by atoms with Crippen LogP contribution >= 0.6 is 0 Å². The minimum atomic E-state index is -0.714. The first-order chi connectivity index (χ1) is 7.19. The van der Waals surface area contributed by atoms with Crippen molar-refractivity contribution in [1.82, 2.24) is 0 Å². The Balaban J connectivity index is 2.96. The van der Waals surface area contributed by atoms with Gasteiger partial charge in [0.05, 0.1) is 19.3 Å². The van der Waals surface area contributed by atoms with E-state index >= 15 is 0 Å². The normalized spacial score (nSPS) is 13.8. The van der Waals surface area contributed by atoms with E-state index in [2.05, 4.69) is 10.0 Å². The number of benzene rings is 1. The van der Waals surface area contributed by atoms with E-state index in [-0.39, 0.29) is 0 Å². The second-order valence-corrected chi connectivity index (χ2v) is 3.16. The molecule has 1 aromatic carbocycles. The Morgan fingerprint density at radius 3 is 2.40 bits per heavy atom. The maximum Gasteiger partial charge on any atom is 0.118 e. The van der Waals surface area contributed by atoms with Crippen LogP contribution in [0.2, 0.25) is 0 Å².